The Bertz CT molecular complexity index is 4580. The molecule has 2 saturated heterocycles. The monoisotopic (exact) mass is 1660 g/mol. The molecule has 9 aromatic rings. The molecule has 115 heavy (non-hydrogen) atoms. The van der Waals surface area contributed by atoms with Crippen LogP contribution in [0.4, 0.5) is 4.79 Å². The largest absolute Gasteiger partial charge is 0.379 e. The topological polar surface area (TPSA) is 246 Å². The zero-order valence-corrected chi connectivity index (χ0v) is 70.6. The van der Waals surface area contributed by atoms with Crippen molar-refractivity contribution in [1.82, 2.24) is 45.5 Å². The number of hydrogen-bond acceptors (Lipinski definition) is 20. The minimum atomic E-state index is -0.480. The van der Waals surface area contributed by atoms with Crippen LogP contribution in [0.1, 0.15) is 192 Å². The van der Waals surface area contributed by atoms with Crippen molar-refractivity contribution in [3.8, 4) is 10.0 Å². The number of carbonyl (C=O) groups excluding carboxylic acids is 4. The van der Waals surface area contributed by atoms with Gasteiger partial charge in [-0.05, 0) is 151 Å². The molecule has 4 aliphatic heterocycles. The fraction of sp³-hybridized carbons (Fsp3) is 0.461. The number of fused-ring (bicyclic) bond motifs is 7. The number of aliphatic imine (C=N–C) groups is 2. The van der Waals surface area contributed by atoms with Crippen LogP contribution in [-0.4, -0.2) is 173 Å². The van der Waals surface area contributed by atoms with Crippen LogP contribution in [-0.2, 0) is 48.3 Å². The Hall–Kier alpha value is -7.95. The van der Waals surface area contributed by atoms with Gasteiger partial charge >= 0.3 is 6.03 Å². The fourth-order valence-corrected chi connectivity index (χ4v) is 19.3. The molecule has 21 nitrogen and oxygen atoms in total. The van der Waals surface area contributed by atoms with Crippen molar-refractivity contribution >= 4 is 92.4 Å². The fourth-order valence-electron chi connectivity index (χ4n) is 15.1. The molecule has 5 aromatic carbocycles. The second-order valence-corrected chi connectivity index (χ2v) is 34.0. The number of aryl methyl sites for hydroxylation is 3. The average Bonchev–Trinajstić information content (AvgIpc) is 1.59. The molecule has 26 heteroatoms. The van der Waals surface area contributed by atoms with Gasteiger partial charge in [0.25, 0.3) is 0 Å². The summed E-state index contributed by atoms with van der Waals surface area (Å²) in [6.45, 7) is 17.6. The molecule has 0 radical (unpaired) electrons. The summed E-state index contributed by atoms with van der Waals surface area (Å²) in [4.78, 5) is 63.2. The number of ether oxygens (including phenoxy) is 6. The number of nitrogens with zero attached hydrogens (tertiary/aromatic N) is 8. The second-order valence-electron chi connectivity index (χ2n) is 29.5. The molecule has 610 valence electrons. The van der Waals surface area contributed by atoms with E-state index in [-0.39, 0.29) is 42.5 Å². The van der Waals surface area contributed by atoms with Gasteiger partial charge in [-0.15, -0.1) is 43.1 Å². The number of amides is 2. The number of halogens is 2. The third-order valence-electron chi connectivity index (χ3n) is 21.4. The van der Waals surface area contributed by atoms with Crippen LogP contribution >= 0.6 is 57.6 Å². The number of benzene rings is 5. The summed E-state index contributed by atoms with van der Waals surface area (Å²) in [5, 5.41) is 31.3. The normalized spacial score (nSPS) is 16.7. The first-order valence-corrected chi connectivity index (χ1v) is 43.9. The highest BCUT2D eigenvalue weighted by atomic mass is 35.5. The summed E-state index contributed by atoms with van der Waals surface area (Å²) >= 11 is 17.8. The van der Waals surface area contributed by atoms with Crippen LogP contribution in [0.5, 0.6) is 0 Å². The number of unbranched alkanes of at least 4 members (excludes halogenated alkanes) is 4. The highest BCUT2D eigenvalue weighted by Crippen LogP contribution is 2.43. The van der Waals surface area contributed by atoms with Crippen LogP contribution in [0.3, 0.4) is 0 Å². The van der Waals surface area contributed by atoms with Crippen LogP contribution in [0, 0.1) is 34.6 Å². The lowest BCUT2D eigenvalue weighted by Crippen LogP contribution is -2.45. The summed E-state index contributed by atoms with van der Waals surface area (Å²) in [6, 6.07) is 46.9. The Balaban J connectivity index is 0.000000213. The predicted octanol–water partition coefficient (Wildman–Crippen LogP) is 17.1. The van der Waals surface area contributed by atoms with Gasteiger partial charge in [-0.3, -0.25) is 38.8 Å². The van der Waals surface area contributed by atoms with Gasteiger partial charge in [0.05, 0.1) is 81.9 Å². The SMILES string of the molecule is Cc1sc2c(c1C)C(c1ccc(Cl)cc1)=NC(CC(=O)CCCCOCCOCCOCCCCC(=O)CCCC[C@H]1SC[C@H]3NC(=O)N[C@H]31)c1nncn1-2.Cc1sc2c(c1C)C(c1ccc(Cl)cc1)=NC(CC(=O)CCCCOCCOCCOCCCNC(c1ccccc1)(c1ccccc1)c1ccccc1)c1nnc(C)n1-2. The quantitative estimate of drug-likeness (QED) is 0.0182. The Labute approximate surface area is 697 Å². The number of urea groups is 1. The minimum absolute atomic E-state index is 0.0491. The molecule has 0 spiro atoms. The number of rotatable bonds is 46. The van der Waals surface area contributed by atoms with E-state index in [1.807, 2.05) is 71.8 Å². The van der Waals surface area contributed by atoms with Gasteiger partial charge in [0.1, 0.15) is 51.6 Å². The first-order chi connectivity index (χ1) is 56.1. The molecular formula is C89H107Cl2N11O10S3. The molecule has 0 saturated carbocycles. The number of ketones is 3. The maximum atomic E-state index is 13.4. The molecule has 13 rings (SSSR count). The van der Waals surface area contributed by atoms with Gasteiger partial charge in [0.15, 0.2) is 11.6 Å². The Morgan fingerprint density at radius 2 is 0.930 bits per heavy atom. The van der Waals surface area contributed by atoms with Gasteiger partial charge in [-0.25, -0.2) is 4.79 Å². The van der Waals surface area contributed by atoms with Crippen LogP contribution in [0.15, 0.2) is 156 Å². The summed E-state index contributed by atoms with van der Waals surface area (Å²) in [5.74, 6) is 3.73. The van der Waals surface area contributed by atoms with E-state index < -0.39 is 17.6 Å². The number of Topliss-reactive ketones (excluding diaryl/α,β-unsaturated/α-hetero) is 3. The molecule has 4 aliphatic rings. The summed E-state index contributed by atoms with van der Waals surface area (Å²) < 4.78 is 38.6. The van der Waals surface area contributed by atoms with E-state index in [4.69, 9.17) is 61.6 Å². The summed E-state index contributed by atoms with van der Waals surface area (Å²) in [6.07, 6.45) is 13.0. The zero-order chi connectivity index (χ0) is 80.3. The summed E-state index contributed by atoms with van der Waals surface area (Å²) in [7, 11) is 0. The third kappa shape index (κ3) is 23.3. The van der Waals surface area contributed by atoms with Crippen LogP contribution in [0.25, 0.3) is 10.0 Å². The molecule has 2 fully saturated rings. The number of aromatic nitrogens is 6. The number of nitrogens with one attached hydrogen (secondary N) is 3. The zero-order valence-electron chi connectivity index (χ0n) is 66.6. The number of thioether (sulfide) groups is 1. The van der Waals surface area contributed by atoms with Gasteiger partial charge < -0.3 is 39.1 Å². The van der Waals surface area contributed by atoms with Crippen LogP contribution in [0.2, 0.25) is 10.0 Å². The molecule has 2 unspecified atom stereocenters. The first kappa shape index (κ1) is 86.4. The maximum Gasteiger partial charge on any atom is 0.315 e. The Morgan fingerprint density at radius 3 is 1.43 bits per heavy atom. The molecule has 0 aliphatic carbocycles. The van der Waals surface area contributed by atoms with Gasteiger partial charge in [-0.2, -0.15) is 11.8 Å². The molecule has 8 heterocycles. The molecule has 5 atom stereocenters. The smallest absolute Gasteiger partial charge is 0.315 e. The highest BCUT2D eigenvalue weighted by molar-refractivity contribution is 8.00. The van der Waals surface area contributed by atoms with E-state index >= 15 is 0 Å². The van der Waals surface area contributed by atoms with Crippen molar-refractivity contribution in [3.05, 3.63) is 233 Å². The van der Waals surface area contributed by atoms with E-state index in [0.717, 1.165) is 132 Å². The van der Waals surface area contributed by atoms with Crippen molar-refractivity contribution in [1.29, 1.82) is 0 Å². The van der Waals surface area contributed by atoms with E-state index in [0.29, 0.717) is 138 Å². The lowest BCUT2D eigenvalue weighted by Gasteiger charge is -2.37. The number of thiophene rings is 2. The van der Waals surface area contributed by atoms with Gasteiger partial charge in [0.2, 0.25) is 0 Å². The van der Waals surface area contributed by atoms with E-state index in [2.05, 4.69) is 160 Å². The second kappa shape index (κ2) is 44.0. The van der Waals surface area contributed by atoms with E-state index in [1.165, 1.54) is 32.0 Å². The van der Waals surface area contributed by atoms with Gasteiger partial charge in [0, 0.05) is 118 Å². The lowest BCUT2D eigenvalue weighted by molar-refractivity contribution is -0.120. The van der Waals surface area contributed by atoms with Crippen molar-refractivity contribution in [2.24, 2.45) is 9.98 Å². The maximum absolute atomic E-state index is 13.4. The van der Waals surface area contributed by atoms with E-state index in [9.17, 15) is 19.2 Å². The van der Waals surface area contributed by atoms with Crippen LogP contribution < -0.4 is 16.0 Å². The van der Waals surface area contributed by atoms with Gasteiger partial charge in [-0.1, -0.05) is 145 Å². The van der Waals surface area contributed by atoms with E-state index in [1.54, 1.807) is 29.0 Å². The van der Waals surface area contributed by atoms with Crippen molar-refractivity contribution in [2.45, 2.75) is 172 Å². The minimum Gasteiger partial charge on any atom is -0.379 e. The molecule has 0 bridgehead atoms. The molecule has 2 amide bonds. The lowest BCUT2D eigenvalue weighted by atomic mass is 9.77. The predicted molar refractivity (Wildman–Crippen MR) is 458 cm³/mol. The molecular weight excluding hydrogens is 1550 g/mol. The van der Waals surface area contributed by atoms with Crippen molar-refractivity contribution in [3.63, 3.8) is 0 Å². The summed E-state index contributed by atoms with van der Waals surface area (Å²) in [5.41, 5.74) is 11.2. The average molecular weight is 1660 g/mol. The molecule has 4 aromatic heterocycles. The standard InChI is InChI=1S/C49H54ClN5O4S.C40H53ClN6O6S2/c1-35-36(2)60-48-45(35)46(38-23-25-42(50)26-24-38)52-44(47-54-53-37(3)55(47)48)34-43(56)22-13-14-28-57-30-32-59-33-31-58-29-15-27-51-49(39-16-7-4-8-17-39,40-18-9-5-10-19-40)41-20-11-6-12-21-41;1-26-27(2)55-39-35(26)36(28-13-15-29(41)16-14-28)43-32(38-46-42-25-47(38)39)23-31(49)11-6-8-18-52-20-22-53-21-19-51-17-7-5-10-30(48)9-3-4-12-34-37-33(24-54-34)44-40(50)45-37/h4-12,16-21,23-26,44,51H,13-15,22,27-34H2,1-3H3;13-16,25,32-34,37H,3-12,17-24H2,1-2H3,(H2,44,45,50)/t;32?,33-,34-,37-/m.1/s1. The van der Waals surface area contributed by atoms with Crippen molar-refractivity contribution in [2.75, 3.05) is 91.6 Å². The first-order valence-electron chi connectivity index (χ1n) is 40.5. The third-order valence-corrected chi connectivity index (χ3v) is 25.8. The Morgan fingerprint density at radius 1 is 0.496 bits per heavy atom. The molecule has 3 N–H and O–H groups in total. The highest BCUT2D eigenvalue weighted by Gasteiger charge is 2.43. The Kier molecular flexibility index (Phi) is 33.1. The number of hydrogen-bond donors (Lipinski definition) is 3. The van der Waals surface area contributed by atoms with Crippen molar-refractivity contribution < 1.29 is 47.6 Å². The number of carbonyl (C=O) groups is 4.